The SMILES string of the molecule is NCCc1cc(F)cc(OC2CCOC3(CCOC3)C2)c1. The summed E-state index contributed by atoms with van der Waals surface area (Å²) in [6, 6.07) is 4.83. The molecule has 4 nitrogen and oxygen atoms in total. The molecule has 0 aromatic heterocycles. The molecule has 0 amide bonds. The molecule has 0 radical (unpaired) electrons. The first-order valence-corrected chi connectivity index (χ1v) is 7.57. The van der Waals surface area contributed by atoms with Crippen molar-refractivity contribution in [3.05, 3.63) is 29.6 Å². The third-order valence-electron chi connectivity index (χ3n) is 4.18. The summed E-state index contributed by atoms with van der Waals surface area (Å²) in [5, 5.41) is 0. The first kappa shape index (κ1) is 14.8. The van der Waals surface area contributed by atoms with Gasteiger partial charge < -0.3 is 19.9 Å². The maximum Gasteiger partial charge on any atom is 0.127 e. The third-order valence-corrected chi connectivity index (χ3v) is 4.18. The second-order valence-corrected chi connectivity index (χ2v) is 5.90. The number of rotatable bonds is 4. The normalized spacial score (nSPS) is 29.0. The Hall–Kier alpha value is -1.17. The summed E-state index contributed by atoms with van der Waals surface area (Å²) in [4.78, 5) is 0. The Labute approximate surface area is 124 Å². The highest BCUT2D eigenvalue weighted by molar-refractivity contribution is 5.30. The second kappa shape index (κ2) is 6.30. The fraction of sp³-hybridized carbons (Fsp3) is 0.625. The zero-order valence-electron chi connectivity index (χ0n) is 12.1. The van der Waals surface area contributed by atoms with E-state index in [0.717, 1.165) is 31.4 Å². The van der Waals surface area contributed by atoms with Crippen LogP contribution in [0.2, 0.25) is 0 Å². The lowest BCUT2D eigenvalue weighted by Gasteiger charge is -2.37. The Balaban J connectivity index is 1.68. The minimum absolute atomic E-state index is 0.0491. The average molecular weight is 295 g/mol. The summed E-state index contributed by atoms with van der Waals surface area (Å²) in [7, 11) is 0. The predicted octanol–water partition coefficient (Wildman–Crippen LogP) is 2.04. The Morgan fingerprint density at radius 3 is 3.00 bits per heavy atom. The molecule has 116 valence electrons. The van der Waals surface area contributed by atoms with Crippen LogP contribution in [0.15, 0.2) is 18.2 Å². The monoisotopic (exact) mass is 295 g/mol. The van der Waals surface area contributed by atoms with Crippen LogP contribution in [-0.4, -0.2) is 38.1 Å². The van der Waals surface area contributed by atoms with E-state index in [2.05, 4.69) is 0 Å². The molecule has 0 saturated carbocycles. The Bertz CT molecular complexity index is 488. The first-order chi connectivity index (χ1) is 10.2. The van der Waals surface area contributed by atoms with Gasteiger partial charge in [0.2, 0.25) is 0 Å². The van der Waals surface area contributed by atoms with E-state index in [1.807, 2.05) is 6.07 Å². The molecule has 2 N–H and O–H groups in total. The van der Waals surface area contributed by atoms with Crippen LogP contribution in [0.4, 0.5) is 4.39 Å². The average Bonchev–Trinajstić information content (AvgIpc) is 2.86. The highest BCUT2D eigenvalue weighted by atomic mass is 19.1. The van der Waals surface area contributed by atoms with Crippen molar-refractivity contribution in [3.63, 3.8) is 0 Å². The van der Waals surface area contributed by atoms with Gasteiger partial charge in [-0.05, 0) is 30.7 Å². The van der Waals surface area contributed by atoms with Gasteiger partial charge in [0.15, 0.2) is 0 Å². The topological polar surface area (TPSA) is 53.7 Å². The molecule has 2 aliphatic rings. The molecule has 1 aromatic carbocycles. The molecule has 0 aliphatic carbocycles. The van der Waals surface area contributed by atoms with Gasteiger partial charge in [-0.1, -0.05) is 0 Å². The van der Waals surface area contributed by atoms with Crippen molar-refractivity contribution >= 4 is 0 Å². The number of halogens is 1. The summed E-state index contributed by atoms with van der Waals surface area (Å²) in [6.07, 6.45) is 3.24. The fourth-order valence-corrected chi connectivity index (χ4v) is 3.14. The molecule has 0 bridgehead atoms. The highest BCUT2D eigenvalue weighted by Gasteiger charge is 2.41. The summed E-state index contributed by atoms with van der Waals surface area (Å²) < 4.78 is 31.0. The zero-order valence-corrected chi connectivity index (χ0v) is 12.1. The zero-order chi connectivity index (χ0) is 14.7. The lowest BCUT2D eigenvalue weighted by atomic mass is 9.91. The van der Waals surface area contributed by atoms with E-state index in [1.165, 1.54) is 12.1 Å². The lowest BCUT2D eigenvalue weighted by Crippen LogP contribution is -2.44. The molecule has 2 unspecified atom stereocenters. The van der Waals surface area contributed by atoms with Gasteiger partial charge in [-0.15, -0.1) is 0 Å². The third kappa shape index (κ3) is 3.54. The predicted molar refractivity (Wildman–Crippen MR) is 76.9 cm³/mol. The lowest BCUT2D eigenvalue weighted by molar-refractivity contribution is -0.112. The number of hydrogen-bond acceptors (Lipinski definition) is 4. The molecule has 1 spiro atoms. The number of nitrogens with two attached hydrogens (primary N) is 1. The Kier molecular flexibility index (Phi) is 4.42. The summed E-state index contributed by atoms with van der Waals surface area (Å²) in [6.45, 7) is 2.54. The molecular formula is C16H22FNO3. The van der Waals surface area contributed by atoms with E-state index < -0.39 is 0 Å². The molecular weight excluding hydrogens is 273 g/mol. The van der Waals surface area contributed by atoms with Crippen molar-refractivity contribution in [2.45, 2.75) is 37.4 Å². The van der Waals surface area contributed by atoms with Crippen LogP contribution in [0.3, 0.4) is 0 Å². The molecule has 21 heavy (non-hydrogen) atoms. The molecule has 5 heteroatoms. The van der Waals surface area contributed by atoms with Gasteiger partial charge >= 0.3 is 0 Å². The van der Waals surface area contributed by atoms with E-state index in [1.54, 1.807) is 0 Å². The van der Waals surface area contributed by atoms with Gasteiger partial charge in [-0.25, -0.2) is 4.39 Å². The van der Waals surface area contributed by atoms with E-state index in [-0.39, 0.29) is 17.5 Å². The van der Waals surface area contributed by atoms with Gasteiger partial charge in [0.25, 0.3) is 0 Å². The number of hydrogen-bond donors (Lipinski definition) is 1. The molecule has 2 fully saturated rings. The maximum absolute atomic E-state index is 13.6. The molecule has 3 rings (SSSR count). The molecule has 2 atom stereocenters. The number of benzene rings is 1. The van der Waals surface area contributed by atoms with Gasteiger partial charge in [0.05, 0.1) is 18.8 Å². The molecule has 1 aromatic rings. The number of ether oxygens (including phenoxy) is 3. The van der Waals surface area contributed by atoms with Crippen LogP contribution in [-0.2, 0) is 15.9 Å². The summed E-state index contributed by atoms with van der Waals surface area (Å²) >= 11 is 0. The van der Waals surface area contributed by atoms with Gasteiger partial charge in [0.1, 0.15) is 17.7 Å². The van der Waals surface area contributed by atoms with Crippen LogP contribution in [0, 0.1) is 5.82 Å². The van der Waals surface area contributed by atoms with Crippen LogP contribution in [0.1, 0.15) is 24.8 Å². The molecule has 2 aliphatic heterocycles. The smallest absolute Gasteiger partial charge is 0.127 e. The highest BCUT2D eigenvalue weighted by Crippen LogP contribution is 2.34. The van der Waals surface area contributed by atoms with Crippen molar-refractivity contribution in [1.82, 2.24) is 0 Å². The van der Waals surface area contributed by atoms with Crippen LogP contribution >= 0.6 is 0 Å². The largest absolute Gasteiger partial charge is 0.490 e. The summed E-state index contributed by atoms with van der Waals surface area (Å²) in [5.41, 5.74) is 6.21. The minimum Gasteiger partial charge on any atom is -0.490 e. The van der Waals surface area contributed by atoms with Crippen LogP contribution in [0.25, 0.3) is 0 Å². The van der Waals surface area contributed by atoms with Crippen molar-refractivity contribution < 1.29 is 18.6 Å². The fourth-order valence-electron chi connectivity index (χ4n) is 3.14. The van der Waals surface area contributed by atoms with E-state index >= 15 is 0 Å². The maximum atomic E-state index is 13.6. The van der Waals surface area contributed by atoms with E-state index in [9.17, 15) is 4.39 Å². The van der Waals surface area contributed by atoms with Gasteiger partial charge in [0, 0.05) is 31.9 Å². The van der Waals surface area contributed by atoms with Crippen molar-refractivity contribution in [2.24, 2.45) is 5.73 Å². The van der Waals surface area contributed by atoms with E-state index in [4.69, 9.17) is 19.9 Å². The van der Waals surface area contributed by atoms with Gasteiger partial charge in [-0.3, -0.25) is 0 Å². The van der Waals surface area contributed by atoms with Gasteiger partial charge in [-0.2, -0.15) is 0 Å². The van der Waals surface area contributed by atoms with Crippen molar-refractivity contribution in [2.75, 3.05) is 26.4 Å². The molecule has 2 heterocycles. The standard InChI is InChI=1S/C16H22FNO3/c17-13-7-12(1-4-18)8-15(9-13)21-14-2-5-20-16(10-14)3-6-19-11-16/h7-9,14H,1-6,10-11,18H2. The van der Waals surface area contributed by atoms with Crippen molar-refractivity contribution in [1.29, 1.82) is 0 Å². The summed E-state index contributed by atoms with van der Waals surface area (Å²) in [5.74, 6) is 0.307. The van der Waals surface area contributed by atoms with Crippen LogP contribution in [0.5, 0.6) is 5.75 Å². The quantitative estimate of drug-likeness (QED) is 0.923. The second-order valence-electron chi connectivity index (χ2n) is 5.90. The van der Waals surface area contributed by atoms with E-state index in [0.29, 0.717) is 31.9 Å². The van der Waals surface area contributed by atoms with Crippen LogP contribution < -0.4 is 10.5 Å². The Morgan fingerprint density at radius 1 is 1.33 bits per heavy atom. The Morgan fingerprint density at radius 2 is 2.24 bits per heavy atom. The minimum atomic E-state index is -0.276. The van der Waals surface area contributed by atoms with Crippen molar-refractivity contribution in [3.8, 4) is 5.75 Å². The first-order valence-electron chi connectivity index (χ1n) is 7.57. The molecule has 2 saturated heterocycles.